The lowest BCUT2D eigenvalue weighted by Gasteiger charge is -2.09. The fraction of sp³-hybridized carbons (Fsp3) is 0.294. The van der Waals surface area contributed by atoms with E-state index in [1.54, 1.807) is 19.2 Å². The minimum absolute atomic E-state index is 0.0813. The Kier molecular flexibility index (Phi) is 3.96. The number of amides is 2. The number of nitrogens with one attached hydrogen (secondary N) is 2. The van der Waals surface area contributed by atoms with Crippen LogP contribution in [0.1, 0.15) is 45.3 Å². The van der Waals surface area contributed by atoms with E-state index < -0.39 is 0 Å². The van der Waals surface area contributed by atoms with Gasteiger partial charge < -0.3 is 15.2 Å². The Morgan fingerprint density at radius 1 is 1.18 bits per heavy atom. The molecule has 1 aliphatic rings. The average molecular weight is 297 g/mol. The van der Waals surface area contributed by atoms with Crippen LogP contribution in [0.3, 0.4) is 0 Å². The summed E-state index contributed by atoms with van der Waals surface area (Å²) >= 11 is 0. The number of carbonyl (C=O) groups is 2. The predicted molar refractivity (Wildman–Crippen MR) is 83.7 cm³/mol. The van der Waals surface area contributed by atoms with Crippen molar-refractivity contribution >= 4 is 11.8 Å². The molecule has 2 amide bonds. The number of nitrogens with zero attached hydrogens (tertiary/aromatic N) is 1. The molecule has 5 nitrogen and oxygen atoms in total. The van der Waals surface area contributed by atoms with Crippen LogP contribution in [0.2, 0.25) is 0 Å². The van der Waals surface area contributed by atoms with Gasteiger partial charge in [0.1, 0.15) is 5.69 Å². The van der Waals surface area contributed by atoms with Gasteiger partial charge in [-0.1, -0.05) is 12.1 Å². The molecule has 2 N–H and O–H groups in total. The summed E-state index contributed by atoms with van der Waals surface area (Å²) in [6, 6.07) is 11.5. The van der Waals surface area contributed by atoms with Gasteiger partial charge >= 0.3 is 0 Å². The molecule has 114 valence electrons. The van der Waals surface area contributed by atoms with Gasteiger partial charge in [0.2, 0.25) is 0 Å². The lowest BCUT2D eigenvalue weighted by atomic mass is 10.1. The Labute approximate surface area is 129 Å². The zero-order chi connectivity index (χ0) is 15.5. The van der Waals surface area contributed by atoms with Gasteiger partial charge in [0.15, 0.2) is 0 Å². The number of benzene rings is 1. The van der Waals surface area contributed by atoms with E-state index in [0.717, 1.165) is 18.4 Å². The van der Waals surface area contributed by atoms with E-state index in [9.17, 15) is 9.59 Å². The number of rotatable bonds is 5. The molecule has 2 aromatic rings. The molecule has 0 bridgehead atoms. The van der Waals surface area contributed by atoms with Gasteiger partial charge in [-0.25, -0.2) is 0 Å². The minimum atomic E-state index is -0.129. The number of hydrogen-bond donors (Lipinski definition) is 2. The summed E-state index contributed by atoms with van der Waals surface area (Å²) in [6.45, 7) is 0.402. The maximum atomic E-state index is 12.3. The first-order valence-corrected chi connectivity index (χ1v) is 7.45. The quantitative estimate of drug-likeness (QED) is 0.888. The first-order valence-electron chi connectivity index (χ1n) is 7.45. The smallest absolute Gasteiger partial charge is 0.268 e. The molecular formula is C17H19N3O2. The first-order chi connectivity index (χ1) is 10.7. The fourth-order valence-electron chi connectivity index (χ4n) is 2.50. The average Bonchev–Trinajstić information content (AvgIpc) is 3.28. The Bertz CT molecular complexity index is 701. The van der Waals surface area contributed by atoms with Gasteiger partial charge in [-0.2, -0.15) is 0 Å². The van der Waals surface area contributed by atoms with E-state index in [-0.39, 0.29) is 11.8 Å². The van der Waals surface area contributed by atoms with Crippen LogP contribution in [0.15, 0.2) is 42.6 Å². The maximum absolute atomic E-state index is 12.3. The number of hydrogen-bond acceptors (Lipinski definition) is 2. The minimum Gasteiger partial charge on any atom is -0.355 e. The summed E-state index contributed by atoms with van der Waals surface area (Å²) in [5, 5.41) is 5.51. The van der Waals surface area contributed by atoms with Crippen LogP contribution in [0.4, 0.5) is 0 Å². The van der Waals surface area contributed by atoms with E-state index in [2.05, 4.69) is 10.6 Å². The predicted octanol–water partition coefficient (Wildman–Crippen LogP) is 2.11. The molecule has 0 saturated heterocycles. The zero-order valence-electron chi connectivity index (χ0n) is 12.5. The second-order valence-electron chi connectivity index (χ2n) is 5.49. The van der Waals surface area contributed by atoms with Crippen LogP contribution in [0.25, 0.3) is 0 Å². The molecule has 1 aromatic carbocycles. The zero-order valence-corrected chi connectivity index (χ0v) is 12.5. The van der Waals surface area contributed by atoms with Gasteiger partial charge in [-0.3, -0.25) is 9.59 Å². The van der Waals surface area contributed by atoms with Crippen LogP contribution >= 0.6 is 0 Å². The van der Waals surface area contributed by atoms with Gasteiger partial charge in [-0.05, 0) is 42.7 Å². The number of carbonyl (C=O) groups excluding carboxylic acids is 2. The highest BCUT2D eigenvalue weighted by Gasteiger charge is 2.26. The summed E-state index contributed by atoms with van der Waals surface area (Å²) < 4.78 is 2.04. The Hall–Kier alpha value is -2.56. The summed E-state index contributed by atoms with van der Waals surface area (Å²) in [5.74, 6) is -0.210. The van der Waals surface area contributed by atoms with Crippen molar-refractivity contribution in [1.82, 2.24) is 15.2 Å². The van der Waals surface area contributed by atoms with Crippen molar-refractivity contribution in [2.45, 2.75) is 25.4 Å². The number of aromatic nitrogens is 1. The Morgan fingerprint density at radius 3 is 2.73 bits per heavy atom. The fourth-order valence-corrected chi connectivity index (χ4v) is 2.50. The van der Waals surface area contributed by atoms with Crippen molar-refractivity contribution in [3.05, 3.63) is 59.4 Å². The van der Waals surface area contributed by atoms with E-state index in [1.165, 1.54) is 0 Å². The highest BCUT2D eigenvalue weighted by molar-refractivity contribution is 5.94. The van der Waals surface area contributed by atoms with Crippen LogP contribution < -0.4 is 10.6 Å². The second kappa shape index (κ2) is 6.05. The third-order valence-electron chi connectivity index (χ3n) is 3.82. The molecule has 0 aliphatic heterocycles. The third kappa shape index (κ3) is 3.03. The van der Waals surface area contributed by atoms with Gasteiger partial charge in [-0.15, -0.1) is 0 Å². The monoisotopic (exact) mass is 297 g/mol. The molecule has 1 aliphatic carbocycles. The van der Waals surface area contributed by atoms with Crippen LogP contribution in [0, 0.1) is 0 Å². The lowest BCUT2D eigenvalue weighted by Crippen LogP contribution is -2.25. The van der Waals surface area contributed by atoms with E-state index in [1.807, 2.05) is 35.0 Å². The normalized spacial score (nSPS) is 13.7. The molecular weight excluding hydrogens is 278 g/mol. The van der Waals surface area contributed by atoms with Crippen molar-refractivity contribution in [3.8, 4) is 0 Å². The van der Waals surface area contributed by atoms with Crippen LogP contribution in [0.5, 0.6) is 0 Å². The van der Waals surface area contributed by atoms with Gasteiger partial charge in [0.25, 0.3) is 11.8 Å². The second-order valence-corrected chi connectivity index (χ2v) is 5.49. The van der Waals surface area contributed by atoms with Crippen molar-refractivity contribution < 1.29 is 9.59 Å². The SMILES string of the molecule is CNC(=O)c1cccc(CNC(=O)c2cccn2C2CC2)c1. The summed E-state index contributed by atoms with van der Waals surface area (Å²) in [6.07, 6.45) is 4.24. The molecule has 0 radical (unpaired) electrons. The van der Waals surface area contributed by atoms with Gasteiger partial charge in [0, 0.05) is 31.4 Å². The van der Waals surface area contributed by atoms with E-state index in [0.29, 0.717) is 23.8 Å². The molecule has 0 spiro atoms. The van der Waals surface area contributed by atoms with E-state index >= 15 is 0 Å². The van der Waals surface area contributed by atoms with E-state index in [4.69, 9.17) is 0 Å². The maximum Gasteiger partial charge on any atom is 0.268 e. The van der Waals surface area contributed by atoms with Gasteiger partial charge in [0.05, 0.1) is 0 Å². The largest absolute Gasteiger partial charge is 0.355 e. The topological polar surface area (TPSA) is 63.1 Å². The highest BCUT2D eigenvalue weighted by Crippen LogP contribution is 2.35. The van der Waals surface area contributed by atoms with Crippen molar-refractivity contribution in [3.63, 3.8) is 0 Å². The molecule has 1 saturated carbocycles. The molecule has 0 atom stereocenters. The molecule has 5 heteroatoms. The molecule has 0 unspecified atom stereocenters. The Balaban J connectivity index is 1.66. The van der Waals surface area contributed by atoms with Crippen molar-refractivity contribution in [2.24, 2.45) is 0 Å². The molecule has 1 fully saturated rings. The molecule has 3 rings (SSSR count). The van der Waals surface area contributed by atoms with Crippen molar-refractivity contribution in [2.75, 3.05) is 7.05 Å². The molecule has 1 heterocycles. The summed E-state index contributed by atoms with van der Waals surface area (Å²) in [7, 11) is 1.60. The lowest BCUT2D eigenvalue weighted by molar-refractivity contribution is 0.0940. The molecule has 1 aromatic heterocycles. The van der Waals surface area contributed by atoms with Crippen LogP contribution in [-0.4, -0.2) is 23.4 Å². The Morgan fingerprint density at radius 2 is 2.00 bits per heavy atom. The first kappa shape index (κ1) is 14.4. The standard InChI is InChI=1S/C17H19N3O2/c1-18-16(21)13-5-2-4-12(10-13)11-19-17(22)15-6-3-9-20(15)14-7-8-14/h2-6,9-10,14H,7-8,11H2,1H3,(H,18,21)(H,19,22). The summed E-state index contributed by atoms with van der Waals surface area (Å²) in [4.78, 5) is 23.9. The van der Waals surface area contributed by atoms with Crippen molar-refractivity contribution in [1.29, 1.82) is 0 Å². The molecule has 22 heavy (non-hydrogen) atoms. The van der Waals surface area contributed by atoms with Crippen LogP contribution in [-0.2, 0) is 6.54 Å². The highest BCUT2D eigenvalue weighted by atomic mass is 16.2. The summed E-state index contributed by atoms with van der Waals surface area (Å²) in [5.41, 5.74) is 2.19. The third-order valence-corrected chi connectivity index (χ3v) is 3.82.